The molecule has 0 unspecified atom stereocenters. The number of hydrogen-bond acceptors (Lipinski definition) is 7. The van der Waals surface area contributed by atoms with Gasteiger partial charge in [0.25, 0.3) is 0 Å². The quantitative estimate of drug-likeness (QED) is 0.336. The maximum absolute atomic E-state index is 12.6. The number of benzene rings is 1. The molecule has 10 heteroatoms. The lowest BCUT2D eigenvalue weighted by molar-refractivity contribution is 0.109. The lowest BCUT2D eigenvalue weighted by atomic mass is 9.93. The Labute approximate surface area is 207 Å². The van der Waals surface area contributed by atoms with Crippen LogP contribution in [0.4, 0.5) is 5.95 Å². The van der Waals surface area contributed by atoms with Gasteiger partial charge < -0.3 is 10.4 Å². The third kappa shape index (κ3) is 5.99. The van der Waals surface area contributed by atoms with E-state index in [1.165, 1.54) is 0 Å². The number of fused-ring (bicyclic) bond motifs is 1. The monoisotopic (exact) mass is 500 g/mol. The summed E-state index contributed by atoms with van der Waals surface area (Å²) >= 11 is 0. The molecule has 0 amide bonds. The Kier molecular flexibility index (Phi) is 8.35. The van der Waals surface area contributed by atoms with Crippen LogP contribution in [0.5, 0.6) is 0 Å². The number of nitrogens with zero attached hydrogens (tertiary/aromatic N) is 4. The highest BCUT2D eigenvalue weighted by atomic mass is 32.2. The van der Waals surface area contributed by atoms with E-state index in [1.54, 1.807) is 30.5 Å². The fourth-order valence-corrected chi connectivity index (χ4v) is 5.49. The maximum Gasteiger partial charge on any atom is 0.240 e. The molecule has 1 aliphatic carbocycles. The van der Waals surface area contributed by atoms with E-state index in [9.17, 15) is 13.5 Å². The fourth-order valence-electron chi connectivity index (χ4n) is 4.41. The number of nitrogens with one attached hydrogen (secondary N) is 2. The van der Waals surface area contributed by atoms with E-state index in [1.807, 2.05) is 11.6 Å². The van der Waals surface area contributed by atoms with Crippen LogP contribution in [-0.2, 0) is 10.0 Å². The summed E-state index contributed by atoms with van der Waals surface area (Å²) in [6.45, 7) is 5.40. The number of aromatic nitrogens is 4. The molecule has 0 spiro atoms. The van der Waals surface area contributed by atoms with Gasteiger partial charge in [0.1, 0.15) is 5.69 Å². The predicted molar refractivity (Wildman–Crippen MR) is 138 cm³/mol. The van der Waals surface area contributed by atoms with Crippen LogP contribution in [0.3, 0.4) is 0 Å². The Hall–Kier alpha value is -2.56. The number of anilines is 1. The summed E-state index contributed by atoms with van der Waals surface area (Å²) in [5.41, 5.74) is 2.30. The molecule has 2 heterocycles. The normalized spacial score (nSPS) is 18.7. The maximum atomic E-state index is 12.6. The molecule has 3 N–H and O–H groups in total. The van der Waals surface area contributed by atoms with Gasteiger partial charge in [-0.1, -0.05) is 38.8 Å². The van der Waals surface area contributed by atoms with Crippen molar-refractivity contribution in [3.8, 4) is 11.3 Å². The van der Waals surface area contributed by atoms with E-state index < -0.39 is 10.0 Å². The topological polar surface area (TPSA) is 122 Å². The first-order valence-electron chi connectivity index (χ1n) is 12.7. The van der Waals surface area contributed by atoms with Gasteiger partial charge in [-0.25, -0.2) is 22.8 Å². The Morgan fingerprint density at radius 2 is 1.71 bits per heavy atom. The Balaban J connectivity index is 1.67. The molecule has 1 saturated carbocycles. The molecule has 0 bridgehead atoms. The van der Waals surface area contributed by atoms with Crippen LogP contribution in [0.2, 0.25) is 0 Å². The highest BCUT2D eigenvalue weighted by Gasteiger charge is 2.26. The van der Waals surface area contributed by atoms with Gasteiger partial charge in [-0.15, -0.1) is 0 Å². The minimum atomic E-state index is -3.54. The lowest BCUT2D eigenvalue weighted by Gasteiger charge is -2.25. The second-order valence-electron chi connectivity index (χ2n) is 9.24. The van der Waals surface area contributed by atoms with Crippen LogP contribution in [0.15, 0.2) is 35.4 Å². The zero-order valence-electron chi connectivity index (χ0n) is 20.6. The zero-order chi connectivity index (χ0) is 24.8. The first-order chi connectivity index (χ1) is 16.9. The van der Waals surface area contributed by atoms with E-state index in [-0.39, 0.29) is 17.0 Å². The first kappa shape index (κ1) is 25.5. The van der Waals surface area contributed by atoms with Crippen molar-refractivity contribution in [3.05, 3.63) is 30.5 Å². The van der Waals surface area contributed by atoms with Crippen LogP contribution < -0.4 is 10.0 Å². The molecule has 3 aromatic rings. The predicted octanol–water partition coefficient (Wildman–Crippen LogP) is 4.26. The lowest BCUT2D eigenvalue weighted by Crippen LogP contribution is -2.24. The average Bonchev–Trinajstić information content (AvgIpc) is 3.24. The Morgan fingerprint density at radius 1 is 1.03 bits per heavy atom. The van der Waals surface area contributed by atoms with Crippen molar-refractivity contribution in [2.24, 2.45) is 0 Å². The Morgan fingerprint density at radius 3 is 2.40 bits per heavy atom. The van der Waals surface area contributed by atoms with Crippen molar-refractivity contribution in [1.82, 2.24) is 24.5 Å². The van der Waals surface area contributed by atoms with Crippen LogP contribution in [0.1, 0.15) is 71.3 Å². The molecule has 1 fully saturated rings. The smallest absolute Gasteiger partial charge is 0.240 e. The van der Waals surface area contributed by atoms with E-state index in [2.05, 4.69) is 21.9 Å². The van der Waals surface area contributed by atoms with Gasteiger partial charge in [-0.05, 0) is 50.7 Å². The third-order valence-electron chi connectivity index (χ3n) is 6.53. The molecule has 2 aromatic heterocycles. The van der Waals surface area contributed by atoms with Crippen molar-refractivity contribution >= 4 is 27.0 Å². The molecular formula is C25H36N6O3S. The summed E-state index contributed by atoms with van der Waals surface area (Å²) in [5.74, 6) is 0.578. The molecule has 35 heavy (non-hydrogen) atoms. The van der Waals surface area contributed by atoms with E-state index in [0.717, 1.165) is 80.2 Å². The highest BCUT2D eigenvalue weighted by Crippen LogP contribution is 2.34. The minimum Gasteiger partial charge on any atom is -0.393 e. The Bertz CT molecular complexity index is 1220. The van der Waals surface area contributed by atoms with Crippen molar-refractivity contribution in [1.29, 1.82) is 0 Å². The third-order valence-corrected chi connectivity index (χ3v) is 8.01. The van der Waals surface area contributed by atoms with Crippen molar-refractivity contribution in [3.63, 3.8) is 0 Å². The van der Waals surface area contributed by atoms with Gasteiger partial charge in [0.2, 0.25) is 16.0 Å². The second-order valence-corrected chi connectivity index (χ2v) is 11.0. The summed E-state index contributed by atoms with van der Waals surface area (Å²) in [4.78, 5) is 9.55. The standard InChI is InChI=1S/C25H36N6O3S/c1-3-5-15-26-25-27-17-22-23(30-31(24(22)29-25)19-9-11-20(32)12-10-19)18-7-13-21(14-8-18)35(33,34)28-16-6-4-2/h7-8,13-14,17,19-20,28,32H,3-6,9-12,15-16H2,1-2H3,(H,26,27,29). The number of hydrogen-bond donors (Lipinski definition) is 3. The fraction of sp³-hybridized carbons (Fsp3) is 0.560. The largest absolute Gasteiger partial charge is 0.393 e. The summed E-state index contributed by atoms with van der Waals surface area (Å²) in [5, 5.41) is 19.0. The minimum absolute atomic E-state index is 0.149. The SMILES string of the molecule is CCCCNc1ncc2c(-c3ccc(S(=O)(=O)NCCCC)cc3)nn(C3CCC(O)CC3)c2n1. The van der Waals surface area contributed by atoms with Crippen molar-refractivity contribution < 1.29 is 13.5 Å². The molecular weight excluding hydrogens is 464 g/mol. The second kappa shape index (κ2) is 11.5. The summed E-state index contributed by atoms with van der Waals surface area (Å²) in [7, 11) is -3.54. The van der Waals surface area contributed by atoms with Crippen molar-refractivity contribution in [2.45, 2.75) is 82.3 Å². The molecule has 4 rings (SSSR count). The molecule has 0 radical (unpaired) electrons. The van der Waals surface area contributed by atoms with Crippen LogP contribution in [0.25, 0.3) is 22.3 Å². The molecule has 190 valence electrons. The van der Waals surface area contributed by atoms with E-state index in [4.69, 9.17) is 10.1 Å². The van der Waals surface area contributed by atoms with Crippen LogP contribution >= 0.6 is 0 Å². The zero-order valence-corrected chi connectivity index (χ0v) is 21.4. The van der Waals surface area contributed by atoms with Crippen molar-refractivity contribution in [2.75, 3.05) is 18.4 Å². The molecule has 1 aliphatic rings. The number of sulfonamides is 1. The number of aliphatic hydroxyl groups excluding tert-OH is 1. The highest BCUT2D eigenvalue weighted by molar-refractivity contribution is 7.89. The van der Waals surface area contributed by atoms with Gasteiger partial charge in [0.15, 0.2) is 5.65 Å². The van der Waals surface area contributed by atoms with Crippen LogP contribution in [-0.4, -0.2) is 52.5 Å². The summed E-state index contributed by atoms with van der Waals surface area (Å²) < 4.78 is 29.8. The molecule has 0 aliphatic heterocycles. The number of aliphatic hydroxyl groups is 1. The molecule has 1 aromatic carbocycles. The van der Waals surface area contributed by atoms with E-state index >= 15 is 0 Å². The average molecular weight is 501 g/mol. The van der Waals surface area contributed by atoms with Gasteiger partial charge in [-0.3, -0.25) is 0 Å². The molecule has 9 nitrogen and oxygen atoms in total. The number of unbranched alkanes of at least 4 members (excludes halogenated alkanes) is 2. The van der Waals surface area contributed by atoms with E-state index in [0.29, 0.717) is 12.5 Å². The first-order valence-corrected chi connectivity index (χ1v) is 14.2. The van der Waals surface area contributed by atoms with Crippen LogP contribution in [0, 0.1) is 0 Å². The summed E-state index contributed by atoms with van der Waals surface area (Å²) in [6, 6.07) is 6.97. The van der Waals surface area contributed by atoms with Gasteiger partial charge in [0.05, 0.1) is 22.4 Å². The van der Waals surface area contributed by atoms with Gasteiger partial charge >= 0.3 is 0 Å². The number of rotatable bonds is 11. The van der Waals surface area contributed by atoms with Gasteiger partial charge in [0, 0.05) is 24.8 Å². The van der Waals surface area contributed by atoms with Gasteiger partial charge in [-0.2, -0.15) is 10.1 Å². The molecule has 0 saturated heterocycles. The molecule has 0 atom stereocenters. The summed E-state index contributed by atoms with van der Waals surface area (Å²) in [6.07, 6.45) is 8.54.